The minimum atomic E-state index is -3.51. The van der Waals surface area contributed by atoms with Gasteiger partial charge in [0.1, 0.15) is 35.7 Å². The van der Waals surface area contributed by atoms with E-state index in [4.69, 9.17) is 15.9 Å². The highest BCUT2D eigenvalue weighted by atomic mass is 32.2. The fourth-order valence-corrected chi connectivity index (χ4v) is 6.66. The Kier molecular flexibility index (Phi) is 7.18. The number of hydrogen-bond acceptors (Lipinski definition) is 10. The van der Waals surface area contributed by atoms with E-state index in [9.17, 15) is 18.3 Å². The summed E-state index contributed by atoms with van der Waals surface area (Å²) in [4.78, 5) is 24.5. The van der Waals surface area contributed by atoms with Gasteiger partial charge in [-0.3, -0.25) is 14.1 Å². The number of benzene rings is 3. The van der Waals surface area contributed by atoms with Gasteiger partial charge < -0.3 is 10.8 Å². The van der Waals surface area contributed by atoms with Gasteiger partial charge in [0.2, 0.25) is 10.0 Å². The largest absolute Gasteiger partial charge is 0.508 e. The molecule has 7 aromatic rings. The molecule has 0 bridgehead atoms. The van der Waals surface area contributed by atoms with Crippen LogP contribution in [0.1, 0.15) is 5.82 Å². The second kappa shape index (κ2) is 11.4. The number of phenolic OH excluding ortho intramolecular Hbond substituents is 1. The third-order valence-corrected chi connectivity index (χ3v) is 8.75. The number of phenols is 1. The number of rotatable bonds is 8. The number of nitrogens with zero attached hydrogens (tertiary/aromatic N) is 7. The van der Waals surface area contributed by atoms with Crippen molar-refractivity contribution in [1.82, 2.24) is 33.9 Å². The number of fused-ring (bicyclic) bond motifs is 2. The van der Waals surface area contributed by atoms with Crippen molar-refractivity contribution in [1.29, 1.82) is 0 Å². The maximum atomic E-state index is 14.3. The van der Waals surface area contributed by atoms with Crippen molar-refractivity contribution in [2.24, 2.45) is 0 Å². The number of hydrogen-bond donors (Lipinski definition) is 3. The summed E-state index contributed by atoms with van der Waals surface area (Å²) in [5.41, 5.74) is 8.84. The number of aromatic hydroxyl groups is 1. The number of nitrogen functional groups attached to an aromatic ring is 1. The highest BCUT2D eigenvalue weighted by molar-refractivity contribution is 7.99. The molecule has 0 aliphatic carbocycles. The van der Waals surface area contributed by atoms with Crippen LogP contribution in [0.25, 0.3) is 33.5 Å². The molecule has 0 spiro atoms. The van der Waals surface area contributed by atoms with Crippen molar-refractivity contribution in [2.75, 3.05) is 16.7 Å². The van der Waals surface area contributed by atoms with E-state index in [0.717, 1.165) is 11.2 Å². The minimum Gasteiger partial charge on any atom is -0.508 e. The number of nitrogens with one attached hydrogen (secondary N) is 1. The Labute approximate surface area is 266 Å². The number of sulfonamides is 1. The van der Waals surface area contributed by atoms with Crippen LogP contribution in [0.2, 0.25) is 0 Å². The van der Waals surface area contributed by atoms with Crippen molar-refractivity contribution >= 4 is 49.8 Å². The Bertz CT molecular complexity index is 2420. The average Bonchev–Trinajstić information content (AvgIpc) is 3.60. The lowest BCUT2D eigenvalue weighted by Crippen LogP contribution is -2.28. The van der Waals surface area contributed by atoms with E-state index in [1.54, 1.807) is 68.5 Å². The van der Waals surface area contributed by atoms with Gasteiger partial charge in [0.25, 0.3) is 5.56 Å². The second-order valence-electron chi connectivity index (χ2n) is 10.4. The van der Waals surface area contributed by atoms with Crippen molar-refractivity contribution in [3.8, 4) is 22.7 Å². The number of anilines is 2. The standard InChI is InChI=1S/C31H25N9O4S2/c1-46(43,44)37-20-7-5-6-19(16-20)27-26-29(32)33-18-34-30(26)39(36-27)17-25-35-38-15-14-24(45-23-12-10-22(41)11-13-23)28(38)31(42)40(25)21-8-3-2-4-9-21/h2-16,18,37,41H,17H2,1H3,(H2,32,33,34). The van der Waals surface area contributed by atoms with E-state index in [-0.39, 0.29) is 23.7 Å². The molecule has 0 aliphatic rings. The number of aromatic nitrogens is 7. The molecule has 15 heteroatoms. The summed E-state index contributed by atoms with van der Waals surface area (Å²) >= 11 is 1.39. The first-order valence-corrected chi connectivity index (χ1v) is 16.6. The van der Waals surface area contributed by atoms with Crippen LogP contribution in [0.3, 0.4) is 0 Å². The van der Waals surface area contributed by atoms with Gasteiger partial charge in [0.15, 0.2) is 11.5 Å². The Morgan fingerprint density at radius 2 is 1.74 bits per heavy atom. The third kappa shape index (κ3) is 5.52. The summed E-state index contributed by atoms with van der Waals surface area (Å²) in [6.07, 6.45) is 4.14. The van der Waals surface area contributed by atoms with E-state index < -0.39 is 10.0 Å². The molecule has 4 heterocycles. The molecule has 0 saturated carbocycles. The Balaban J connectivity index is 1.38. The summed E-state index contributed by atoms with van der Waals surface area (Å²) in [6.45, 7) is 0.0346. The van der Waals surface area contributed by atoms with Gasteiger partial charge in [-0.05, 0) is 54.6 Å². The molecule has 7 rings (SSSR count). The van der Waals surface area contributed by atoms with Crippen molar-refractivity contribution < 1.29 is 13.5 Å². The summed E-state index contributed by atoms with van der Waals surface area (Å²) in [5, 5.41) is 19.9. The van der Waals surface area contributed by atoms with Crippen LogP contribution in [-0.2, 0) is 16.6 Å². The van der Waals surface area contributed by atoms with Gasteiger partial charge in [0, 0.05) is 27.2 Å². The highest BCUT2D eigenvalue weighted by Gasteiger charge is 2.22. The topological polar surface area (TPSA) is 175 Å². The van der Waals surface area contributed by atoms with E-state index >= 15 is 0 Å². The lowest BCUT2D eigenvalue weighted by Gasteiger charge is -2.14. The molecule has 0 radical (unpaired) electrons. The molecular formula is C31H25N9O4S2. The van der Waals surface area contributed by atoms with Crippen LogP contribution >= 0.6 is 11.8 Å². The predicted molar refractivity (Wildman–Crippen MR) is 176 cm³/mol. The van der Waals surface area contributed by atoms with Gasteiger partial charge in [0.05, 0.1) is 17.3 Å². The molecule has 0 fully saturated rings. The van der Waals surface area contributed by atoms with E-state index in [2.05, 4.69) is 14.7 Å². The SMILES string of the molecule is CS(=O)(=O)Nc1cccc(-c2nn(Cc3nn4ccc(Sc5ccc(O)cc5)c4c(=O)n3-c3ccccc3)c3ncnc(N)c23)c1. The Hall–Kier alpha value is -5.67. The molecule has 0 atom stereocenters. The Morgan fingerprint density at radius 3 is 2.50 bits per heavy atom. The molecule has 0 amide bonds. The molecule has 13 nitrogen and oxygen atoms in total. The van der Waals surface area contributed by atoms with Crippen LogP contribution < -0.4 is 16.0 Å². The molecule has 0 aliphatic heterocycles. The second-order valence-corrected chi connectivity index (χ2v) is 13.2. The zero-order valence-corrected chi connectivity index (χ0v) is 25.8. The highest BCUT2D eigenvalue weighted by Crippen LogP contribution is 2.33. The zero-order chi connectivity index (χ0) is 32.0. The molecular weight excluding hydrogens is 627 g/mol. The smallest absolute Gasteiger partial charge is 0.283 e. The lowest BCUT2D eigenvalue weighted by molar-refractivity contribution is 0.475. The van der Waals surface area contributed by atoms with Gasteiger partial charge >= 0.3 is 0 Å². The monoisotopic (exact) mass is 651 g/mol. The average molecular weight is 652 g/mol. The lowest BCUT2D eigenvalue weighted by atomic mass is 10.1. The maximum Gasteiger partial charge on any atom is 0.283 e. The van der Waals surface area contributed by atoms with Crippen LogP contribution in [0, 0.1) is 0 Å². The van der Waals surface area contributed by atoms with Crippen LogP contribution in [0.5, 0.6) is 5.75 Å². The van der Waals surface area contributed by atoms with Crippen molar-refractivity contribution in [2.45, 2.75) is 16.3 Å². The first-order valence-electron chi connectivity index (χ1n) is 13.9. The molecule has 0 saturated heterocycles. The van der Waals surface area contributed by atoms with Crippen LogP contribution in [0.4, 0.5) is 11.5 Å². The molecule has 46 heavy (non-hydrogen) atoms. The van der Waals surface area contributed by atoms with E-state index in [1.807, 2.05) is 36.4 Å². The molecule has 3 aromatic carbocycles. The maximum absolute atomic E-state index is 14.3. The molecule has 4 N–H and O–H groups in total. The number of para-hydroxylation sites is 1. The Morgan fingerprint density at radius 1 is 0.957 bits per heavy atom. The molecule has 230 valence electrons. The van der Waals surface area contributed by atoms with Crippen molar-refractivity contribution in [3.63, 3.8) is 0 Å². The summed E-state index contributed by atoms with van der Waals surface area (Å²) < 4.78 is 30.9. The van der Waals surface area contributed by atoms with Crippen molar-refractivity contribution in [3.05, 3.63) is 114 Å². The van der Waals surface area contributed by atoms with Gasteiger partial charge in [-0.1, -0.05) is 42.1 Å². The third-order valence-electron chi connectivity index (χ3n) is 7.08. The molecule has 0 unspecified atom stereocenters. The zero-order valence-electron chi connectivity index (χ0n) is 24.1. The van der Waals surface area contributed by atoms with Gasteiger partial charge in [-0.2, -0.15) is 10.2 Å². The number of nitrogens with two attached hydrogens (primary N) is 1. The summed E-state index contributed by atoms with van der Waals surface area (Å²) in [5.74, 6) is 0.724. The van der Waals surface area contributed by atoms with E-state index in [0.29, 0.717) is 49.9 Å². The van der Waals surface area contributed by atoms with Crippen LogP contribution in [0.15, 0.2) is 112 Å². The minimum absolute atomic E-state index is 0.0346. The molecule has 4 aromatic heterocycles. The van der Waals surface area contributed by atoms with Gasteiger partial charge in [-0.15, -0.1) is 0 Å². The van der Waals surface area contributed by atoms with Gasteiger partial charge in [-0.25, -0.2) is 27.6 Å². The fraction of sp³-hybridized carbons (Fsp3) is 0.0645. The fourth-order valence-electron chi connectivity index (χ4n) is 5.17. The summed E-state index contributed by atoms with van der Waals surface area (Å²) in [6, 6.07) is 24.5. The quantitative estimate of drug-likeness (QED) is 0.216. The van der Waals surface area contributed by atoms with E-state index in [1.165, 1.54) is 18.1 Å². The summed E-state index contributed by atoms with van der Waals surface area (Å²) in [7, 11) is -3.51. The van der Waals surface area contributed by atoms with Crippen LogP contribution in [-0.4, -0.2) is 53.7 Å². The first kappa shape index (κ1) is 29.1. The normalized spacial score (nSPS) is 11.8. The predicted octanol–water partition coefficient (Wildman–Crippen LogP) is 4.15. The first-order chi connectivity index (χ1) is 22.1.